The molecule has 5 rings (SSSR count). The first-order valence-corrected chi connectivity index (χ1v) is 14.0. The first-order chi connectivity index (χ1) is 17.4. The number of hydrogen-bond acceptors (Lipinski definition) is 5. The number of hydrogen-bond donors (Lipinski definition) is 3. The molecule has 2 saturated carbocycles. The van der Waals surface area contributed by atoms with Gasteiger partial charge in [0.1, 0.15) is 11.0 Å². The molecule has 2 fully saturated rings. The minimum Gasteiger partial charge on any atom is -0.328 e. The Balaban J connectivity index is 0.000000286. The molecule has 2 aliphatic rings. The first-order valence-electron chi connectivity index (χ1n) is 12.5. The van der Waals surface area contributed by atoms with Crippen molar-refractivity contribution in [3.8, 4) is 17.2 Å². The predicted octanol–water partition coefficient (Wildman–Crippen LogP) is 5.38. The minimum absolute atomic E-state index is 0.0216. The van der Waals surface area contributed by atoms with Crippen LogP contribution in [-0.4, -0.2) is 27.5 Å². The summed E-state index contributed by atoms with van der Waals surface area (Å²) in [7, 11) is -1.81. The van der Waals surface area contributed by atoms with E-state index in [0.717, 1.165) is 17.2 Å². The van der Waals surface area contributed by atoms with Gasteiger partial charge >= 0.3 is 0 Å². The van der Waals surface area contributed by atoms with E-state index in [2.05, 4.69) is 34.3 Å². The molecule has 0 atom stereocenters. The molecular formula is C29H34N4O2S. The van der Waals surface area contributed by atoms with Crippen molar-refractivity contribution in [3.63, 3.8) is 0 Å². The molecule has 4 N–H and O–H groups in total. The van der Waals surface area contributed by atoms with Crippen molar-refractivity contribution >= 4 is 15.7 Å². The fraction of sp³-hybridized carbons (Fsp3) is 0.345. The molecule has 0 unspecified atom stereocenters. The van der Waals surface area contributed by atoms with Gasteiger partial charge in [0.25, 0.3) is 10.0 Å². The van der Waals surface area contributed by atoms with Gasteiger partial charge in [-0.05, 0) is 92.4 Å². The van der Waals surface area contributed by atoms with E-state index in [1.54, 1.807) is 24.3 Å². The molecule has 2 aliphatic carbocycles. The van der Waals surface area contributed by atoms with Crippen LogP contribution in [0.3, 0.4) is 0 Å². The third-order valence-electron chi connectivity index (χ3n) is 6.88. The second-order valence-corrected chi connectivity index (χ2v) is 11.2. The highest BCUT2D eigenvalue weighted by Crippen LogP contribution is 2.40. The van der Waals surface area contributed by atoms with Crippen LogP contribution in [0.15, 0.2) is 77.7 Å². The van der Waals surface area contributed by atoms with E-state index < -0.39 is 10.0 Å². The molecule has 0 radical (unpaired) electrons. The van der Waals surface area contributed by atoms with Gasteiger partial charge in [0.2, 0.25) is 0 Å². The van der Waals surface area contributed by atoms with E-state index in [1.165, 1.54) is 56.2 Å². The van der Waals surface area contributed by atoms with Gasteiger partial charge in [0, 0.05) is 17.8 Å². The van der Waals surface area contributed by atoms with E-state index in [1.807, 2.05) is 25.2 Å². The Morgan fingerprint density at radius 1 is 0.861 bits per heavy atom. The highest BCUT2D eigenvalue weighted by molar-refractivity contribution is 7.92. The second-order valence-electron chi connectivity index (χ2n) is 9.59. The zero-order valence-corrected chi connectivity index (χ0v) is 21.5. The monoisotopic (exact) mass is 502 g/mol. The molecule has 0 amide bonds. The average molecular weight is 503 g/mol. The third-order valence-corrected chi connectivity index (χ3v) is 8.32. The number of sulfonamides is 1. The fourth-order valence-corrected chi connectivity index (χ4v) is 5.75. The SMILES string of the molecule is CNC1CCC(N)CC1.N#Cc1ccccc1S(=O)(=O)Nc1cccc(-c2ccc(C3CC3)cc2)c1. The molecule has 0 bridgehead atoms. The number of nitrogens with zero attached hydrogens (tertiary/aromatic N) is 1. The van der Waals surface area contributed by atoms with Crippen molar-refractivity contribution in [3.05, 3.63) is 83.9 Å². The largest absolute Gasteiger partial charge is 0.328 e. The molecule has 0 heterocycles. The van der Waals surface area contributed by atoms with Crippen molar-refractivity contribution in [2.75, 3.05) is 11.8 Å². The van der Waals surface area contributed by atoms with Gasteiger partial charge in [-0.3, -0.25) is 4.72 Å². The van der Waals surface area contributed by atoms with E-state index in [4.69, 9.17) is 11.0 Å². The molecule has 3 aromatic rings. The Bertz CT molecular complexity index is 1300. The van der Waals surface area contributed by atoms with Crippen LogP contribution < -0.4 is 15.8 Å². The number of benzene rings is 3. The molecule has 6 nitrogen and oxygen atoms in total. The molecule has 7 heteroatoms. The van der Waals surface area contributed by atoms with E-state index >= 15 is 0 Å². The quantitative estimate of drug-likeness (QED) is 0.419. The number of anilines is 1. The van der Waals surface area contributed by atoms with Crippen LogP contribution in [0.2, 0.25) is 0 Å². The maximum Gasteiger partial charge on any atom is 0.263 e. The normalized spacial score (nSPS) is 19.5. The van der Waals surface area contributed by atoms with Crippen LogP contribution in [0, 0.1) is 11.3 Å². The van der Waals surface area contributed by atoms with Crippen molar-refractivity contribution < 1.29 is 8.42 Å². The summed E-state index contributed by atoms with van der Waals surface area (Å²) in [5.41, 5.74) is 9.65. The van der Waals surface area contributed by atoms with Gasteiger partial charge in [0.05, 0.1) is 5.56 Å². The Hall–Kier alpha value is -3.18. The maximum atomic E-state index is 12.7. The summed E-state index contributed by atoms with van der Waals surface area (Å²) >= 11 is 0. The van der Waals surface area contributed by atoms with Gasteiger partial charge < -0.3 is 11.1 Å². The van der Waals surface area contributed by atoms with Crippen LogP contribution in [0.5, 0.6) is 0 Å². The lowest BCUT2D eigenvalue weighted by Gasteiger charge is -2.25. The lowest BCUT2D eigenvalue weighted by Crippen LogP contribution is -2.35. The zero-order chi connectivity index (χ0) is 25.5. The van der Waals surface area contributed by atoms with Gasteiger partial charge in [-0.15, -0.1) is 0 Å². The molecule has 0 saturated heterocycles. The lowest BCUT2D eigenvalue weighted by molar-refractivity contribution is 0.358. The van der Waals surface area contributed by atoms with Crippen molar-refractivity contribution in [1.82, 2.24) is 5.32 Å². The van der Waals surface area contributed by atoms with Gasteiger partial charge in [-0.2, -0.15) is 5.26 Å². The van der Waals surface area contributed by atoms with Crippen LogP contribution >= 0.6 is 0 Å². The van der Waals surface area contributed by atoms with Crippen LogP contribution in [-0.2, 0) is 10.0 Å². The Morgan fingerprint density at radius 2 is 1.56 bits per heavy atom. The smallest absolute Gasteiger partial charge is 0.263 e. The highest BCUT2D eigenvalue weighted by Gasteiger charge is 2.23. The van der Waals surface area contributed by atoms with Crippen molar-refractivity contribution in [2.24, 2.45) is 5.73 Å². The fourth-order valence-electron chi connectivity index (χ4n) is 4.54. The number of nitriles is 1. The first kappa shape index (κ1) is 25.9. The summed E-state index contributed by atoms with van der Waals surface area (Å²) in [4.78, 5) is -0.0216. The number of nitrogens with two attached hydrogens (primary N) is 1. The Kier molecular flexibility index (Phi) is 8.42. The summed E-state index contributed by atoms with van der Waals surface area (Å²) in [5, 5.41) is 12.4. The van der Waals surface area contributed by atoms with E-state index in [9.17, 15) is 8.42 Å². The molecule has 188 valence electrons. The summed E-state index contributed by atoms with van der Waals surface area (Å²) in [5.74, 6) is 0.706. The highest BCUT2D eigenvalue weighted by atomic mass is 32.2. The number of nitrogens with one attached hydrogen (secondary N) is 2. The zero-order valence-electron chi connectivity index (χ0n) is 20.7. The number of rotatable bonds is 6. The maximum absolute atomic E-state index is 12.7. The van der Waals surface area contributed by atoms with Crippen LogP contribution in [0.1, 0.15) is 55.6 Å². The summed E-state index contributed by atoms with van der Waals surface area (Å²) < 4.78 is 28.0. The predicted molar refractivity (Wildman–Crippen MR) is 145 cm³/mol. The van der Waals surface area contributed by atoms with E-state index in [-0.39, 0.29) is 10.5 Å². The molecule has 3 aromatic carbocycles. The summed E-state index contributed by atoms with van der Waals surface area (Å²) in [6.07, 6.45) is 7.45. The van der Waals surface area contributed by atoms with E-state index in [0.29, 0.717) is 17.6 Å². The van der Waals surface area contributed by atoms with Gasteiger partial charge in [-0.25, -0.2) is 8.42 Å². The molecular weight excluding hydrogens is 468 g/mol. The van der Waals surface area contributed by atoms with Crippen LogP contribution in [0.25, 0.3) is 11.1 Å². The summed E-state index contributed by atoms with van der Waals surface area (Å²) in [6, 6.07) is 25.0. The topological polar surface area (TPSA) is 108 Å². The molecule has 0 aromatic heterocycles. The molecule has 0 aliphatic heterocycles. The van der Waals surface area contributed by atoms with Crippen molar-refractivity contribution in [1.29, 1.82) is 5.26 Å². The molecule has 36 heavy (non-hydrogen) atoms. The average Bonchev–Trinajstić information content (AvgIpc) is 3.75. The van der Waals surface area contributed by atoms with Crippen LogP contribution in [0.4, 0.5) is 5.69 Å². The van der Waals surface area contributed by atoms with Crippen molar-refractivity contribution in [2.45, 2.75) is 61.4 Å². The third kappa shape index (κ3) is 6.73. The minimum atomic E-state index is -3.84. The summed E-state index contributed by atoms with van der Waals surface area (Å²) in [6.45, 7) is 0. The van der Waals surface area contributed by atoms with Gasteiger partial charge in [-0.1, -0.05) is 48.5 Å². The molecule has 0 spiro atoms. The second kappa shape index (κ2) is 11.7. The van der Waals surface area contributed by atoms with Gasteiger partial charge in [0.15, 0.2) is 0 Å². The lowest BCUT2D eigenvalue weighted by atomic mass is 9.92. The Labute approximate surface area is 214 Å². The standard InChI is InChI=1S/C22H18N2O2S.C7H16N2/c23-15-20-4-1-2-7-22(20)27(25,26)24-21-6-3-5-19(14-21)18-12-10-17(11-13-18)16-8-9-16;1-9-7-4-2-6(8)3-5-7/h1-7,10-14,16,24H,8-9H2;6-7,9H,2-5,8H2,1H3. The Morgan fingerprint density at radius 3 is 2.19 bits per heavy atom.